The first kappa shape index (κ1) is 29.2. The van der Waals surface area contributed by atoms with Gasteiger partial charge >= 0.3 is 5.97 Å². The largest absolute Gasteiger partial charge is 0.508 e. The predicted molar refractivity (Wildman–Crippen MR) is 150 cm³/mol. The van der Waals surface area contributed by atoms with E-state index in [0.717, 1.165) is 36.8 Å². The van der Waals surface area contributed by atoms with Crippen molar-refractivity contribution in [2.24, 2.45) is 0 Å². The van der Waals surface area contributed by atoms with Crippen molar-refractivity contribution in [1.29, 1.82) is 0 Å². The number of hydrogen-bond donors (Lipinski definition) is 2. The molecule has 2 N–H and O–H groups in total. The van der Waals surface area contributed by atoms with Crippen LogP contribution in [0.4, 0.5) is 0 Å². The van der Waals surface area contributed by atoms with Gasteiger partial charge in [0.25, 0.3) is 0 Å². The number of unbranched alkanes of at least 4 members (excludes halogenated alkanes) is 11. The van der Waals surface area contributed by atoms with Crippen LogP contribution in [-0.4, -0.2) is 16.2 Å². The monoisotopic (exact) mass is 492 g/mol. The van der Waals surface area contributed by atoms with Crippen LogP contribution in [0.25, 0.3) is 12.2 Å². The van der Waals surface area contributed by atoms with Gasteiger partial charge in [0.05, 0.1) is 0 Å². The normalized spacial score (nSPS) is 11.5. The highest BCUT2D eigenvalue weighted by atomic mass is 16.5. The first-order valence-corrected chi connectivity index (χ1v) is 13.7. The van der Waals surface area contributed by atoms with E-state index in [-0.39, 0.29) is 17.5 Å². The van der Waals surface area contributed by atoms with Gasteiger partial charge in [0.1, 0.15) is 17.2 Å². The molecule has 0 atom stereocenters. The third-order valence-electron chi connectivity index (χ3n) is 6.15. The predicted octanol–water partition coefficient (Wildman–Crippen LogP) is 9.21. The standard InChI is InChI=1S/C32H44O4/c1-2-3-4-5-6-7-8-9-10-11-12-13-14-15-16-17-32(35)36-31-25-28(24-30(34)26-31)19-18-27-20-22-29(33)23-21-27/h9-10,18-26,33-34H,2-8,11-17H2,1H3/b10-9-,19-18?. The van der Waals surface area contributed by atoms with E-state index >= 15 is 0 Å². The Kier molecular flexibility index (Phi) is 14.8. The molecular weight excluding hydrogens is 448 g/mol. The lowest BCUT2D eigenvalue weighted by Crippen LogP contribution is -2.07. The SMILES string of the molecule is CCCCCCCC/C=C\CCCCCCCC(=O)Oc1cc(O)cc(C=Cc2ccc(O)cc2)c1. The van der Waals surface area contributed by atoms with Gasteiger partial charge in [0, 0.05) is 12.5 Å². The molecule has 0 saturated heterocycles. The molecule has 36 heavy (non-hydrogen) atoms. The molecule has 2 aromatic rings. The zero-order valence-corrected chi connectivity index (χ0v) is 22.0. The highest BCUT2D eigenvalue weighted by Crippen LogP contribution is 2.24. The van der Waals surface area contributed by atoms with Crippen LogP contribution < -0.4 is 4.74 Å². The van der Waals surface area contributed by atoms with Gasteiger partial charge in [-0.25, -0.2) is 0 Å². The lowest BCUT2D eigenvalue weighted by atomic mass is 10.1. The number of benzene rings is 2. The Hall–Kier alpha value is -3.01. The summed E-state index contributed by atoms with van der Waals surface area (Å²) < 4.78 is 5.45. The maximum Gasteiger partial charge on any atom is 0.311 e. The molecule has 0 unspecified atom stereocenters. The molecule has 0 bridgehead atoms. The number of carbonyl (C=O) groups is 1. The molecule has 0 fully saturated rings. The van der Waals surface area contributed by atoms with Crippen LogP contribution >= 0.6 is 0 Å². The molecule has 0 amide bonds. The highest BCUT2D eigenvalue weighted by Gasteiger charge is 2.07. The highest BCUT2D eigenvalue weighted by molar-refractivity contribution is 5.74. The molecule has 0 aliphatic heterocycles. The second-order valence-electron chi connectivity index (χ2n) is 9.49. The average molecular weight is 493 g/mol. The summed E-state index contributed by atoms with van der Waals surface area (Å²) in [6, 6.07) is 11.6. The lowest BCUT2D eigenvalue weighted by molar-refractivity contribution is -0.134. The summed E-state index contributed by atoms with van der Waals surface area (Å²) in [5.74, 6) is 0.335. The molecule has 0 aromatic heterocycles. The van der Waals surface area contributed by atoms with E-state index in [9.17, 15) is 15.0 Å². The summed E-state index contributed by atoms with van der Waals surface area (Å²) in [6.45, 7) is 2.26. The van der Waals surface area contributed by atoms with E-state index in [1.165, 1.54) is 63.9 Å². The third kappa shape index (κ3) is 13.8. The van der Waals surface area contributed by atoms with Crippen LogP contribution in [0.2, 0.25) is 0 Å². The Balaban J connectivity index is 1.56. The molecule has 2 aromatic carbocycles. The molecule has 0 aliphatic rings. The fourth-order valence-electron chi connectivity index (χ4n) is 4.06. The fourth-order valence-corrected chi connectivity index (χ4v) is 4.06. The van der Waals surface area contributed by atoms with Crippen molar-refractivity contribution in [3.05, 3.63) is 65.7 Å². The van der Waals surface area contributed by atoms with Crippen molar-refractivity contribution < 1.29 is 19.7 Å². The summed E-state index contributed by atoms with van der Waals surface area (Å²) in [4.78, 5) is 12.2. The second kappa shape index (κ2) is 18.3. The summed E-state index contributed by atoms with van der Waals surface area (Å²) in [5, 5.41) is 19.4. The van der Waals surface area contributed by atoms with Crippen molar-refractivity contribution in [2.45, 2.75) is 96.8 Å². The summed E-state index contributed by atoms with van der Waals surface area (Å²) in [6.07, 6.45) is 24.6. The molecule has 4 heteroatoms. The zero-order chi connectivity index (χ0) is 25.8. The average Bonchev–Trinajstić information content (AvgIpc) is 2.85. The van der Waals surface area contributed by atoms with E-state index in [0.29, 0.717) is 12.2 Å². The number of esters is 1. The zero-order valence-electron chi connectivity index (χ0n) is 22.0. The van der Waals surface area contributed by atoms with Crippen molar-refractivity contribution in [3.63, 3.8) is 0 Å². The minimum Gasteiger partial charge on any atom is -0.508 e. The molecule has 4 nitrogen and oxygen atoms in total. The van der Waals surface area contributed by atoms with Crippen molar-refractivity contribution >= 4 is 18.1 Å². The van der Waals surface area contributed by atoms with E-state index in [2.05, 4.69) is 19.1 Å². The quantitative estimate of drug-likeness (QED) is 0.0715. The van der Waals surface area contributed by atoms with Gasteiger partial charge in [-0.15, -0.1) is 0 Å². The topological polar surface area (TPSA) is 66.8 Å². The molecular formula is C32H44O4. The number of rotatable bonds is 18. The maximum atomic E-state index is 12.2. The number of hydrogen-bond acceptors (Lipinski definition) is 4. The molecule has 0 aliphatic carbocycles. The molecule has 196 valence electrons. The maximum absolute atomic E-state index is 12.2. The van der Waals surface area contributed by atoms with Gasteiger partial charge in [0.2, 0.25) is 0 Å². The number of phenols is 2. The minimum absolute atomic E-state index is 0.0479. The Morgan fingerprint density at radius 2 is 1.28 bits per heavy atom. The Bertz CT molecular complexity index is 928. The lowest BCUT2D eigenvalue weighted by Gasteiger charge is -2.06. The van der Waals surface area contributed by atoms with Crippen molar-refractivity contribution in [3.8, 4) is 17.2 Å². The number of carbonyl (C=O) groups excluding carboxylic acids is 1. The summed E-state index contributed by atoms with van der Waals surface area (Å²) >= 11 is 0. The molecule has 2 rings (SSSR count). The van der Waals surface area contributed by atoms with Crippen LogP contribution in [0, 0.1) is 0 Å². The van der Waals surface area contributed by atoms with E-state index in [1.54, 1.807) is 36.4 Å². The van der Waals surface area contributed by atoms with E-state index in [4.69, 9.17) is 4.74 Å². The van der Waals surface area contributed by atoms with Gasteiger partial charge in [-0.3, -0.25) is 4.79 Å². The van der Waals surface area contributed by atoms with Gasteiger partial charge in [-0.2, -0.15) is 0 Å². The number of allylic oxidation sites excluding steroid dienone is 2. The molecule has 0 radical (unpaired) electrons. The number of ether oxygens (including phenoxy) is 1. The fraction of sp³-hybridized carbons (Fsp3) is 0.469. The number of phenolic OH excluding ortho intramolecular Hbond substituents is 2. The van der Waals surface area contributed by atoms with Crippen LogP contribution in [0.3, 0.4) is 0 Å². The van der Waals surface area contributed by atoms with Gasteiger partial charge in [0.15, 0.2) is 0 Å². The van der Waals surface area contributed by atoms with E-state index in [1.807, 2.05) is 12.2 Å². The first-order valence-electron chi connectivity index (χ1n) is 13.7. The molecule has 0 spiro atoms. The smallest absolute Gasteiger partial charge is 0.311 e. The third-order valence-corrected chi connectivity index (χ3v) is 6.15. The van der Waals surface area contributed by atoms with Gasteiger partial charge in [-0.1, -0.05) is 94.7 Å². The van der Waals surface area contributed by atoms with Crippen molar-refractivity contribution in [1.82, 2.24) is 0 Å². The van der Waals surface area contributed by atoms with E-state index < -0.39 is 0 Å². The first-order chi connectivity index (χ1) is 17.6. The summed E-state index contributed by atoms with van der Waals surface area (Å²) in [5.41, 5.74) is 1.64. The molecule has 0 saturated carbocycles. The van der Waals surface area contributed by atoms with Crippen LogP contribution in [0.1, 0.15) is 108 Å². The second-order valence-corrected chi connectivity index (χ2v) is 9.49. The minimum atomic E-state index is -0.272. The summed E-state index contributed by atoms with van der Waals surface area (Å²) in [7, 11) is 0. The van der Waals surface area contributed by atoms with Crippen LogP contribution in [0.15, 0.2) is 54.6 Å². The Morgan fingerprint density at radius 1 is 0.694 bits per heavy atom. The van der Waals surface area contributed by atoms with Crippen LogP contribution in [0.5, 0.6) is 17.2 Å². The van der Waals surface area contributed by atoms with Gasteiger partial charge < -0.3 is 14.9 Å². The number of aromatic hydroxyl groups is 2. The Morgan fingerprint density at radius 3 is 1.94 bits per heavy atom. The van der Waals surface area contributed by atoms with Crippen molar-refractivity contribution in [2.75, 3.05) is 0 Å². The van der Waals surface area contributed by atoms with Gasteiger partial charge in [-0.05, 0) is 67.5 Å². The van der Waals surface area contributed by atoms with Crippen LogP contribution in [-0.2, 0) is 4.79 Å². The molecule has 0 heterocycles. The Labute approximate surface area is 217 Å².